The lowest BCUT2D eigenvalue weighted by atomic mass is 10.1. The van der Waals surface area contributed by atoms with Gasteiger partial charge in [0, 0.05) is 11.3 Å². The number of allylic oxidation sites excluding steroid dienone is 1. The van der Waals surface area contributed by atoms with E-state index in [1.807, 2.05) is 17.4 Å². The molecule has 0 saturated heterocycles. The molecule has 0 fully saturated rings. The van der Waals surface area contributed by atoms with Crippen LogP contribution in [0.3, 0.4) is 0 Å². The van der Waals surface area contributed by atoms with E-state index in [1.165, 1.54) is 15.6 Å². The second-order valence-electron chi connectivity index (χ2n) is 2.74. The van der Waals surface area contributed by atoms with Crippen molar-refractivity contribution >= 4 is 22.1 Å². The highest BCUT2D eigenvalue weighted by Crippen LogP contribution is 2.25. The SMILES string of the molecule is C=CCc1scc2ccccc12. The number of hydrogen-bond donors (Lipinski definition) is 0. The molecule has 1 aromatic heterocycles. The zero-order valence-electron chi connectivity index (χ0n) is 6.79. The smallest absolute Gasteiger partial charge is 0.0161 e. The lowest BCUT2D eigenvalue weighted by molar-refractivity contribution is 1.38. The normalized spacial score (nSPS) is 10.3. The van der Waals surface area contributed by atoms with Gasteiger partial charge in [-0.3, -0.25) is 0 Å². The summed E-state index contributed by atoms with van der Waals surface area (Å²) in [5.74, 6) is 0. The van der Waals surface area contributed by atoms with Gasteiger partial charge in [-0.2, -0.15) is 0 Å². The second-order valence-corrected chi connectivity index (χ2v) is 3.70. The van der Waals surface area contributed by atoms with E-state index < -0.39 is 0 Å². The summed E-state index contributed by atoms with van der Waals surface area (Å²) in [6.07, 6.45) is 2.94. The van der Waals surface area contributed by atoms with Gasteiger partial charge in [-0.25, -0.2) is 0 Å². The third kappa shape index (κ3) is 1.16. The van der Waals surface area contributed by atoms with Gasteiger partial charge in [0.15, 0.2) is 0 Å². The Morgan fingerprint density at radius 3 is 3.00 bits per heavy atom. The van der Waals surface area contributed by atoms with Gasteiger partial charge < -0.3 is 0 Å². The first kappa shape index (κ1) is 7.56. The van der Waals surface area contributed by atoms with E-state index in [1.54, 1.807) is 0 Å². The molecule has 2 rings (SSSR count). The lowest BCUT2D eigenvalue weighted by Crippen LogP contribution is -1.73. The second kappa shape index (κ2) is 3.11. The number of thiophene rings is 1. The largest absolute Gasteiger partial charge is 0.147 e. The molecule has 12 heavy (non-hydrogen) atoms. The van der Waals surface area contributed by atoms with Crippen molar-refractivity contribution in [3.05, 3.63) is 47.2 Å². The van der Waals surface area contributed by atoms with Crippen LogP contribution in [-0.4, -0.2) is 0 Å². The van der Waals surface area contributed by atoms with E-state index in [-0.39, 0.29) is 0 Å². The van der Waals surface area contributed by atoms with Crippen LogP contribution in [0, 0.1) is 0 Å². The third-order valence-corrected chi connectivity index (χ3v) is 2.96. The van der Waals surface area contributed by atoms with E-state index >= 15 is 0 Å². The summed E-state index contributed by atoms with van der Waals surface area (Å²) >= 11 is 1.82. The topological polar surface area (TPSA) is 0 Å². The summed E-state index contributed by atoms with van der Waals surface area (Å²) in [7, 11) is 0. The Morgan fingerprint density at radius 1 is 1.33 bits per heavy atom. The third-order valence-electron chi connectivity index (χ3n) is 1.92. The number of rotatable bonds is 2. The summed E-state index contributed by atoms with van der Waals surface area (Å²) in [6.45, 7) is 3.75. The Bertz CT molecular complexity index is 398. The van der Waals surface area contributed by atoms with Gasteiger partial charge in [-0.15, -0.1) is 17.9 Å². The number of benzene rings is 1. The summed E-state index contributed by atoms with van der Waals surface area (Å²) in [5.41, 5.74) is 0. The average Bonchev–Trinajstić information content (AvgIpc) is 2.50. The molecule has 1 aromatic carbocycles. The molecule has 2 aromatic rings. The zero-order chi connectivity index (χ0) is 8.39. The fourth-order valence-corrected chi connectivity index (χ4v) is 2.34. The van der Waals surface area contributed by atoms with Crippen molar-refractivity contribution in [3.63, 3.8) is 0 Å². The Hall–Kier alpha value is -1.08. The van der Waals surface area contributed by atoms with Crippen LogP contribution in [0.2, 0.25) is 0 Å². The molecule has 0 saturated carbocycles. The molecular formula is C11H10S. The van der Waals surface area contributed by atoms with Gasteiger partial charge >= 0.3 is 0 Å². The fraction of sp³-hybridized carbons (Fsp3) is 0.0909. The molecule has 60 valence electrons. The maximum absolute atomic E-state index is 3.75. The zero-order valence-corrected chi connectivity index (χ0v) is 7.60. The molecule has 0 N–H and O–H groups in total. The van der Waals surface area contributed by atoms with Crippen molar-refractivity contribution < 1.29 is 0 Å². The van der Waals surface area contributed by atoms with Crippen molar-refractivity contribution in [1.82, 2.24) is 0 Å². The highest BCUT2D eigenvalue weighted by Gasteiger charge is 1.99. The monoisotopic (exact) mass is 174 g/mol. The van der Waals surface area contributed by atoms with Crippen molar-refractivity contribution in [2.75, 3.05) is 0 Å². The van der Waals surface area contributed by atoms with Crippen LogP contribution >= 0.6 is 11.3 Å². The molecule has 0 aliphatic rings. The van der Waals surface area contributed by atoms with Gasteiger partial charge in [0.25, 0.3) is 0 Å². The van der Waals surface area contributed by atoms with E-state index in [4.69, 9.17) is 0 Å². The van der Waals surface area contributed by atoms with Gasteiger partial charge in [0.2, 0.25) is 0 Å². The lowest BCUT2D eigenvalue weighted by Gasteiger charge is -1.91. The van der Waals surface area contributed by atoms with Gasteiger partial charge in [-0.05, 0) is 16.2 Å². The number of hydrogen-bond acceptors (Lipinski definition) is 1. The van der Waals surface area contributed by atoms with Crippen molar-refractivity contribution in [2.24, 2.45) is 0 Å². The Labute approximate surface area is 76.2 Å². The van der Waals surface area contributed by atoms with Crippen LogP contribution in [0.15, 0.2) is 42.3 Å². The van der Waals surface area contributed by atoms with E-state index in [0.29, 0.717) is 0 Å². The summed E-state index contributed by atoms with van der Waals surface area (Å²) in [4.78, 5) is 1.42. The number of fused-ring (bicyclic) bond motifs is 1. The standard InChI is InChI=1S/C11H10S/c1-2-5-11-10-7-4-3-6-9(10)8-12-11/h2-4,6-8H,1,5H2. The summed E-state index contributed by atoms with van der Waals surface area (Å²) < 4.78 is 0. The molecule has 0 spiro atoms. The van der Waals surface area contributed by atoms with Crippen LogP contribution in [-0.2, 0) is 6.42 Å². The Kier molecular flexibility index (Phi) is 1.96. The molecule has 0 atom stereocenters. The summed E-state index contributed by atoms with van der Waals surface area (Å²) in [5, 5.41) is 4.93. The van der Waals surface area contributed by atoms with Gasteiger partial charge in [-0.1, -0.05) is 30.3 Å². The minimum Gasteiger partial charge on any atom is -0.147 e. The summed E-state index contributed by atoms with van der Waals surface area (Å²) in [6, 6.07) is 8.48. The quantitative estimate of drug-likeness (QED) is 0.610. The average molecular weight is 174 g/mol. The molecule has 0 bridgehead atoms. The first-order valence-electron chi connectivity index (χ1n) is 3.98. The Morgan fingerprint density at radius 2 is 2.17 bits per heavy atom. The molecule has 0 nitrogen and oxygen atoms in total. The minimum absolute atomic E-state index is 0.984. The maximum atomic E-state index is 3.75. The predicted molar refractivity (Wildman–Crippen MR) is 55.7 cm³/mol. The van der Waals surface area contributed by atoms with Crippen molar-refractivity contribution in [1.29, 1.82) is 0 Å². The first-order valence-corrected chi connectivity index (χ1v) is 4.86. The van der Waals surface area contributed by atoms with Crippen LogP contribution in [0.4, 0.5) is 0 Å². The Balaban J connectivity index is 2.62. The molecule has 0 aliphatic heterocycles. The highest BCUT2D eigenvalue weighted by molar-refractivity contribution is 7.11. The van der Waals surface area contributed by atoms with Crippen LogP contribution in [0.1, 0.15) is 4.88 Å². The fourth-order valence-electron chi connectivity index (χ4n) is 1.34. The molecule has 0 radical (unpaired) electrons. The van der Waals surface area contributed by atoms with Crippen LogP contribution in [0.25, 0.3) is 10.8 Å². The van der Waals surface area contributed by atoms with Gasteiger partial charge in [0.1, 0.15) is 0 Å². The first-order chi connectivity index (χ1) is 5.92. The minimum atomic E-state index is 0.984. The van der Waals surface area contributed by atoms with Crippen LogP contribution in [0.5, 0.6) is 0 Å². The van der Waals surface area contributed by atoms with Crippen LogP contribution < -0.4 is 0 Å². The highest BCUT2D eigenvalue weighted by atomic mass is 32.1. The molecule has 1 heterocycles. The molecule has 0 aliphatic carbocycles. The molecular weight excluding hydrogens is 164 g/mol. The van der Waals surface area contributed by atoms with Crippen molar-refractivity contribution in [2.45, 2.75) is 6.42 Å². The van der Waals surface area contributed by atoms with E-state index in [0.717, 1.165) is 6.42 Å². The molecule has 0 amide bonds. The maximum Gasteiger partial charge on any atom is 0.0161 e. The predicted octanol–water partition coefficient (Wildman–Crippen LogP) is 3.63. The van der Waals surface area contributed by atoms with Crippen molar-refractivity contribution in [3.8, 4) is 0 Å². The molecule has 0 unspecified atom stereocenters. The van der Waals surface area contributed by atoms with Gasteiger partial charge in [0.05, 0.1) is 0 Å². The van der Waals surface area contributed by atoms with E-state index in [2.05, 4.69) is 36.2 Å². The molecule has 1 heteroatoms. The van der Waals surface area contributed by atoms with E-state index in [9.17, 15) is 0 Å².